The minimum atomic E-state index is -1.60. The van der Waals surface area contributed by atoms with Crippen molar-refractivity contribution in [1.29, 1.82) is 5.26 Å². The highest BCUT2D eigenvalue weighted by Gasteiger charge is 2.24. The Bertz CT molecular complexity index is 498. The molecule has 2 unspecified atom stereocenters. The van der Waals surface area contributed by atoms with Crippen molar-refractivity contribution in [2.24, 2.45) is 0 Å². The maximum Gasteiger partial charge on any atom is 0.308 e. The average Bonchev–Trinajstić information content (AvgIpc) is 2.38. The zero-order valence-corrected chi connectivity index (χ0v) is 10.3. The first-order chi connectivity index (χ1) is 8.99. The fourth-order valence-electron chi connectivity index (χ4n) is 1.55. The molecular weight excluding hydrogens is 253 g/mol. The number of halogens is 1. The van der Waals surface area contributed by atoms with Gasteiger partial charge in [0.2, 0.25) is 0 Å². The van der Waals surface area contributed by atoms with E-state index in [2.05, 4.69) is 4.74 Å². The maximum absolute atomic E-state index is 13.5. The number of nitriles is 1. The Morgan fingerprint density at radius 1 is 1.53 bits per heavy atom. The zero-order valence-electron chi connectivity index (χ0n) is 10.3. The lowest BCUT2D eigenvalue weighted by Gasteiger charge is -2.18. The van der Waals surface area contributed by atoms with Crippen LogP contribution >= 0.6 is 0 Å². The van der Waals surface area contributed by atoms with Crippen molar-refractivity contribution < 1.29 is 24.1 Å². The number of ether oxygens (including phenoxy) is 1. The summed E-state index contributed by atoms with van der Waals surface area (Å²) in [7, 11) is 0. The third-order valence-corrected chi connectivity index (χ3v) is 2.49. The van der Waals surface area contributed by atoms with E-state index in [-0.39, 0.29) is 17.7 Å². The van der Waals surface area contributed by atoms with E-state index in [4.69, 9.17) is 5.26 Å². The monoisotopic (exact) mass is 267 g/mol. The third kappa shape index (κ3) is 4.02. The van der Waals surface area contributed by atoms with Crippen molar-refractivity contribution in [2.75, 3.05) is 6.61 Å². The van der Waals surface area contributed by atoms with Gasteiger partial charge in [-0.2, -0.15) is 5.26 Å². The molecular formula is C13H14FNO4. The Morgan fingerprint density at radius 2 is 2.21 bits per heavy atom. The molecule has 0 aliphatic heterocycles. The van der Waals surface area contributed by atoms with E-state index in [1.165, 1.54) is 6.07 Å². The van der Waals surface area contributed by atoms with E-state index in [0.717, 1.165) is 12.1 Å². The maximum atomic E-state index is 13.5. The summed E-state index contributed by atoms with van der Waals surface area (Å²) in [4.78, 5) is 11.2. The van der Waals surface area contributed by atoms with Gasteiger partial charge < -0.3 is 14.9 Å². The molecule has 0 fully saturated rings. The van der Waals surface area contributed by atoms with Gasteiger partial charge in [-0.15, -0.1) is 0 Å². The highest BCUT2D eigenvalue weighted by Crippen LogP contribution is 2.23. The molecule has 0 radical (unpaired) electrons. The van der Waals surface area contributed by atoms with Gasteiger partial charge in [0.25, 0.3) is 0 Å². The molecule has 1 rings (SSSR count). The lowest BCUT2D eigenvalue weighted by Crippen LogP contribution is -2.24. The fraction of sp³-hybridized carbons (Fsp3) is 0.385. The molecule has 1 aromatic rings. The van der Waals surface area contributed by atoms with Gasteiger partial charge in [-0.25, -0.2) is 4.39 Å². The van der Waals surface area contributed by atoms with Gasteiger partial charge in [0.05, 0.1) is 30.8 Å². The molecule has 1 aromatic carbocycles. The number of benzene rings is 1. The summed E-state index contributed by atoms with van der Waals surface area (Å²) in [6, 6.07) is 5.21. The van der Waals surface area contributed by atoms with Crippen molar-refractivity contribution in [3.63, 3.8) is 0 Å². The average molecular weight is 267 g/mol. The molecule has 102 valence electrons. The van der Waals surface area contributed by atoms with Crippen molar-refractivity contribution in [3.8, 4) is 6.07 Å². The van der Waals surface area contributed by atoms with Crippen LogP contribution in [0.15, 0.2) is 18.2 Å². The summed E-state index contributed by atoms with van der Waals surface area (Å²) in [5.41, 5.74) is -0.0744. The van der Waals surface area contributed by atoms with Gasteiger partial charge in [-0.05, 0) is 25.1 Å². The van der Waals surface area contributed by atoms with Crippen LogP contribution in [0.4, 0.5) is 4.39 Å². The summed E-state index contributed by atoms with van der Waals surface area (Å²) in [5, 5.41) is 28.2. The predicted octanol–water partition coefficient (Wildman–Crippen LogP) is 1.04. The summed E-state index contributed by atoms with van der Waals surface area (Å²) < 4.78 is 18.1. The van der Waals surface area contributed by atoms with Crippen LogP contribution in [0.1, 0.15) is 30.6 Å². The third-order valence-electron chi connectivity index (χ3n) is 2.49. The van der Waals surface area contributed by atoms with E-state index in [9.17, 15) is 19.4 Å². The van der Waals surface area contributed by atoms with E-state index < -0.39 is 30.4 Å². The molecule has 0 aromatic heterocycles. The normalized spacial score (nSPS) is 13.4. The van der Waals surface area contributed by atoms with Crippen LogP contribution in [0.25, 0.3) is 0 Å². The Kier molecular flexibility index (Phi) is 5.42. The number of aliphatic hydroxyl groups excluding tert-OH is 2. The largest absolute Gasteiger partial charge is 0.466 e. The van der Waals surface area contributed by atoms with Crippen LogP contribution in [0.3, 0.4) is 0 Å². The molecule has 0 saturated carbocycles. The van der Waals surface area contributed by atoms with E-state index in [0.29, 0.717) is 0 Å². The summed E-state index contributed by atoms with van der Waals surface area (Å²) in [6.07, 6.45) is -3.55. The first-order valence-corrected chi connectivity index (χ1v) is 5.70. The minimum absolute atomic E-state index is 0.152. The summed E-state index contributed by atoms with van der Waals surface area (Å²) in [6.45, 7) is 1.76. The first kappa shape index (κ1) is 15.1. The Labute approximate surface area is 109 Å². The van der Waals surface area contributed by atoms with Crippen LogP contribution in [-0.2, 0) is 9.53 Å². The quantitative estimate of drug-likeness (QED) is 0.778. The van der Waals surface area contributed by atoms with Gasteiger partial charge in [-0.3, -0.25) is 4.79 Å². The number of hydrogen-bond acceptors (Lipinski definition) is 5. The van der Waals surface area contributed by atoms with Crippen LogP contribution < -0.4 is 0 Å². The molecule has 0 spiro atoms. The second-order valence-corrected chi connectivity index (χ2v) is 3.87. The van der Waals surface area contributed by atoms with Crippen molar-refractivity contribution in [2.45, 2.75) is 25.6 Å². The van der Waals surface area contributed by atoms with Crippen LogP contribution in [-0.4, -0.2) is 28.9 Å². The number of carbonyl (C=O) groups is 1. The number of hydrogen-bond donors (Lipinski definition) is 2. The smallest absolute Gasteiger partial charge is 0.308 e. The van der Waals surface area contributed by atoms with Crippen molar-refractivity contribution in [3.05, 3.63) is 35.1 Å². The van der Waals surface area contributed by atoms with E-state index in [1.54, 1.807) is 13.0 Å². The molecule has 2 N–H and O–H groups in total. The molecule has 0 aliphatic carbocycles. The number of aliphatic hydroxyl groups is 2. The van der Waals surface area contributed by atoms with E-state index in [1.807, 2.05) is 0 Å². The molecule has 19 heavy (non-hydrogen) atoms. The van der Waals surface area contributed by atoms with Gasteiger partial charge in [0, 0.05) is 5.56 Å². The Hall–Kier alpha value is -1.97. The Morgan fingerprint density at radius 3 is 2.79 bits per heavy atom. The minimum Gasteiger partial charge on any atom is -0.466 e. The van der Waals surface area contributed by atoms with E-state index >= 15 is 0 Å². The van der Waals surface area contributed by atoms with Gasteiger partial charge in [-0.1, -0.05) is 0 Å². The Balaban J connectivity index is 2.84. The molecule has 0 saturated heterocycles. The van der Waals surface area contributed by atoms with Gasteiger partial charge >= 0.3 is 5.97 Å². The van der Waals surface area contributed by atoms with Crippen molar-refractivity contribution >= 4 is 5.97 Å². The molecule has 5 nitrogen and oxygen atoms in total. The topological polar surface area (TPSA) is 90.6 Å². The van der Waals surface area contributed by atoms with Crippen LogP contribution in [0.2, 0.25) is 0 Å². The molecule has 0 bridgehead atoms. The zero-order chi connectivity index (χ0) is 14.4. The van der Waals surface area contributed by atoms with Crippen LogP contribution in [0, 0.1) is 17.1 Å². The lowest BCUT2D eigenvalue weighted by atomic mass is 10.00. The van der Waals surface area contributed by atoms with Crippen molar-refractivity contribution in [1.82, 2.24) is 0 Å². The standard InChI is InChI=1S/C13H14FNO4/c1-2-19-12(17)6-11(16)13(18)9-5-8(7-15)3-4-10(9)14/h3-5,11,13,16,18H,2,6H2,1H3. The molecule has 0 amide bonds. The SMILES string of the molecule is CCOC(=O)CC(O)C(O)c1cc(C#N)ccc1F. The summed E-state index contributed by atoms with van der Waals surface area (Å²) >= 11 is 0. The second-order valence-electron chi connectivity index (χ2n) is 3.87. The molecule has 2 atom stereocenters. The number of carbonyl (C=O) groups excluding carboxylic acids is 1. The molecule has 6 heteroatoms. The second kappa shape index (κ2) is 6.83. The van der Waals surface area contributed by atoms with Gasteiger partial charge in [0.1, 0.15) is 11.9 Å². The first-order valence-electron chi connectivity index (χ1n) is 5.70. The lowest BCUT2D eigenvalue weighted by molar-refractivity contribution is -0.147. The van der Waals surface area contributed by atoms with Crippen LogP contribution in [0.5, 0.6) is 0 Å². The number of rotatable bonds is 5. The number of esters is 1. The molecule has 0 aliphatic rings. The van der Waals surface area contributed by atoms with Gasteiger partial charge in [0.15, 0.2) is 0 Å². The molecule has 0 heterocycles. The predicted molar refractivity (Wildman–Crippen MR) is 63.3 cm³/mol. The highest BCUT2D eigenvalue weighted by molar-refractivity contribution is 5.70. The fourth-order valence-corrected chi connectivity index (χ4v) is 1.55. The highest BCUT2D eigenvalue weighted by atomic mass is 19.1. The number of nitrogens with zero attached hydrogens (tertiary/aromatic N) is 1. The summed E-state index contributed by atoms with van der Waals surface area (Å²) in [5.74, 6) is -1.44.